The van der Waals surface area contributed by atoms with E-state index >= 15 is 0 Å². The number of rotatable bonds is 6. The molecule has 4 rings (SSSR count). The lowest BCUT2D eigenvalue weighted by Crippen LogP contribution is -2.45. The van der Waals surface area contributed by atoms with Crippen molar-refractivity contribution in [3.05, 3.63) is 35.6 Å². The van der Waals surface area contributed by atoms with Gasteiger partial charge < -0.3 is 14.7 Å². The molecule has 3 fully saturated rings. The summed E-state index contributed by atoms with van der Waals surface area (Å²) in [5.41, 5.74) is 0.954. The first-order chi connectivity index (χ1) is 15.5. The molecule has 1 aromatic carbocycles. The third-order valence-corrected chi connectivity index (χ3v) is 7.24. The van der Waals surface area contributed by atoms with Crippen LogP contribution in [0.4, 0.5) is 4.39 Å². The van der Waals surface area contributed by atoms with E-state index in [2.05, 4.69) is 16.7 Å². The van der Waals surface area contributed by atoms with Gasteiger partial charge in [-0.15, -0.1) is 0 Å². The van der Waals surface area contributed by atoms with E-state index in [0.29, 0.717) is 13.1 Å². The zero-order valence-electron chi connectivity index (χ0n) is 19.3. The summed E-state index contributed by atoms with van der Waals surface area (Å²) >= 11 is 0. The summed E-state index contributed by atoms with van der Waals surface area (Å²) in [5, 5.41) is 0. The molecule has 3 heterocycles. The Morgan fingerprint density at radius 1 is 0.969 bits per heavy atom. The number of amides is 2. The van der Waals surface area contributed by atoms with Crippen LogP contribution in [0.5, 0.6) is 0 Å². The highest BCUT2D eigenvalue weighted by atomic mass is 19.1. The van der Waals surface area contributed by atoms with E-state index in [1.807, 2.05) is 9.80 Å². The lowest BCUT2D eigenvalue weighted by Gasteiger charge is -2.31. The first-order valence-electron chi connectivity index (χ1n) is 12.3. The Morgan fingerprint density at radius 3 is 2.47 bits per heavy atom. The third kappa shape index (κ3) is 5.67. The zero-order chi connectivity index (χ0) is 22.5. The van der Waals surface area contributed by atoms with E-state index in [4.69, 9.17) is 0 Å². The molecule has 32 heavy (non-hydrogen) atoms. The summed E-state index contributed by atoms with van der Waals surface area (Å²) in [6, 6.07) is 6.28. The molecule has 0 aromatic heterocycles. The van der Waals surface area contributed by atoms with Crippen LogP contribution >= 0.6 is 0 Å². The molecular formula is C25H37FN4O2. The molecular weight excluding hydrogens is 407 g/mol. The van der Waals surface area contributed by atoms with Crippen LogP contribution in [0.1, 0.15) is 44.6 Å². The van der Waals surface area contributed by atoms with Crippen molar-refractivity contribution in [3.63, 3.8) is 0 Å². The van der Waals surface area contributed by atoms with Gasteiger partial charge in [-0.3, -0.25) is 14.5 Å². The van der Waals surface area contributed by atoms with Gasteiger partial charge in [-0.1, -0.05) is 25.5 Å². The number of halogens is 1. The van der Waals surface area contributed by atoms with Crippen LogP contribution in [-0.2, 0) is 16.1 Å². The van der Waals surface area contributed by atoms with Gasteiger partial charge >= 0.3 is 0 Å². The molecule has 3 saturated heterocycles. The Kier molecular flexibility index (Phi) is 7.79. The minimum Gasteiger partial charge on any atom is -0.341 e. The monoisotopic (exact) mass is 444 g/mol. The van der Waals surface area contributed by atoms with E-state index in [1.165, 1.54) is 31.4 Å². The van der Waals surface area contributed by atoms with Gasteiger partial charge in [-0.25, -0.2) is 4.39 Å². The normalized spacial score (nSPS) is 24.6. The maximum absolute atomic E-state index is 13.2. The van der Waals surface area contributed by atoms with Crippen molar-refractivity contribution in [3.8, 4) is 0 Å². The van der Waals surface area contributed by atoms with Gasteiger partial charge in [-0.05, 0) is 56.5 Å². The molecule has 3 aliphatic rings. The predicted octanol–water partition coefficient (Wildman–Crippen LogP) is 2.58. The number of hydrogen-bond donors (Lipinski definition) is 0. The van der Waals surface area contributed by atoms with Crippen LogP contribution in [0.15, 0.2) is 24.3 Å². The number of nitrogens with zero attached hydrogens (tertiary/aromatic N) is 4. The van der Waals surface area contributed by atoms with Gasteiger partial charge in [0.25, 0.3) is 0 Å². The van der Waals surface area contributed by atoms with Crippen LogP contribution in [0.2, 0.25) is 0 Å². The molecule has 176 valence electrons. The summed E-state index contributed by atoms with van der Waals surface area (Å²) in [6.07, 6.45) is 5.52. The average Bonchev–Trinajstić information content (AvgIpc) is 3.00. The van der Waals surface area contributed by atoms with Gasteiger partial charge in [-0.2, -0.15) is 0 Å². The Hall–Kier alpha value is -1.99. The topological polar surface area (TPSA) is 47.1 Å². The Labute approximate surface area is 191 Å². The van der Waals surface area contributed by atoms with E-state index in [-0.39, 0.29) is 29.6 Å². The highest BCUT2D eigenvalue weighted by molar-refractivity contribution is 5.84. The summed E-state index contributed by atoms with van der Waals surface area (Å²) in [5.74, 6) is 0.188. The van der Waals surface area contributed by atoms with Crippen LogP contribution < -0.4 is 0 Å². The second kappa shape index (κ2) is 10.8. The number of carbonyl (C=O) groups is 2. The number of carbonyl (C=O) groups excluding carboxylic acids is 2. The second-order valence-corrected chi connectivity index (χ2v) is 9.67. The van der Waals surface area contributed by atoms with Gasteiger partial charge in [0, 0.05) is 51.7 Å². The van der Waals surface area contributed by atoms with E-state index < -0.39 is 0 Å². The maximum atomic E-state index is 13.2. The van der Waals surface area contributed by atoms with Crippen molar-refractivity contribution in [2.24, 2.45) is 5.92 Å². The molecule has 0 N–H and O–H groups in total. The van der Waals surface area contributed by atoms with Gasteiger partial charge in [0.05, 0.1) is 6.04 Å². The smallest absolute Gasteiger partial charge is 0.240 e. The molecule has 6 nitrogen and oxygen atoms in total. The minimum absolute atomic E-state index is 0.0268. The molecule has 0 saturated carbocycles. The van der Waals surface area contributed by atoms with Crippen molar-refractivity contribution >= 4 is 11.8 Å². The first-order valence-corrected chi connectivity index (χ1v) is 12.3. The number of piperidine rings is 1. The van der Waals surface area contributed by atoms with Crippen molar-refractivity contribution < 1.29 is 14.0 Å². The van der Waals surface area contributed by atoms with Crippen molar-refractivity contribution in [2.75, 3.05) is 52.4 Å². The van der Waals surface area contributed by atoms with Crippen LogP contribution in [0, 0.1) is 11.7 Å². The summed E-state index contributed by atoms with van der Waals surface area (Å²) in [7, 11) is 0. The lowest BCUT2D eigenvalue weighted by molar-refractivity contribution is -0.135. The largest absolute Gasteiger partial charge is 0.341 e. The molecule has 0 spiro atoms. The number of benzene rings is 1. The van der Waals surface area contributed by atoms with Crippen molar-refractivity contribution in [2.45, 2.75) is 51.6 Å². The van der Waals surface area contributed by atoms with Gasteiger partial charge in [0.15, 0.2) is 0 Å². The summed E-state index contributed by atoms with van der Waals surface area (Å²) in [6.45, 7) is 9.49. The molecule has 0 unspecified atom stereocenters. The molecule has 0 bridgehead atoms. The molecule has 1 aromatic rings. The van der Waals surface area contributed by atoms with E-state index in [1.54, 1.807) is 12.1 Å². The summed E-state index contributed by atoms with van der Waals surface area (Å²) < 4.78 is 13.2. The van der Waals surface area contributed by atoms with Crippen molar-refractivity contribution in [1.82, 2.24) is 19.6 Å². The van der Waals surface area contributed by atoms with Gasteiger partial charge in [0.1, 0.15) is 5.82 Å². The van der Waals surface area contributed by atoms with E-state index in [9.17, 15) is 14.0 Å². The lowest BCUT2D eigenvalue weighted by atomic mass is 10.1. The molecule has 3 aliphatic heterocycles. The van der Waals surface area contributed by atoms with Crippen LogP contribution in [0.3, 0.4) is 0 Å². The Bertz CT molecular complexity index is 781. The molecule has 2 atom stereocenters. The van der Waals surface area contributed by atoms with Crippen LogP contribution in [0.25, 0.3) is 0 Å². The fraction of sp³-hybridized carbons (Fsp3) is 0.680. The zero-order valence-corrected chi connectivity index (χ0v) is 19.3. The SMILES string of the molecule is C[C@H](CN1CCCCC1)C(=O)N1CCCN([C@H]2CCN(Cc3ccc(F)cc3)C2=O)CC1. The third-order valence-electron chi connectivity index (χ3n) is 7.24. The Morgan fingerprint density at radius 2 is 1.72 bits per heavy atom. The molecule has 2 amide bonds. The maximum Gasteiger partial charge on any atom is 0.240 e. The second-order valence-electron chi connectivity index (χ2n) is 9.67. The minimum atomic E-state index is -0.256. The first kappa shape index (κ1) is 23.2. The fourth-order valence-electron chi connectivity index (χ4n) is 5.42. The predicted molar refractivity (Wildman–Crippen MR) is 122 cm³/mol. The molecule has 0 aliphatic carbocycles. The number of likely N-dealkylation sites (tertiary alicyclic amines) is 2. The highest BCUT2D eigenvalue weighted by Crippen LogP contribution is 2.22. The standard InChI is InChI=1S/C25H37FN4O2/c1-20(18-27-11-3-2-4-12-27)24(31)29-14-5-13-28(16-17-29)23-10-15-30(25(23)32)19-21-6-8-22(26)9-7-21/h6-9,20,23H,2-5,10-19H2,1H3/t20-,23+/m1/s1. The van der Waals surface area contributed by atoms with Gasteiger partial charge in [0.2, 0.25) is 11.8 Å². The summed E-state index contributed by atoms with van der Waals surface area (Å²) in [4.78, 5) is 34.7. The van der Waals surface area contributed by atoms with E-state index in [0.717, 1.165) is 64.2 Å². The van der Waals surface area contributed by atoms with Crippen LogP contribution in [-0.4, -0.2) is 89.8 Å². The molecule has 7 heteroatoms. The fourth-order valence-corrected chi connectivity index (χ4v) is 5.42. The van der Waals surface area contributed by atoms with Crippen molar-refractivity contribution in [1.29, 1.82) is 0 Å². The quantitative estimate of drug-likeness (QED) is 0.677. The number of hydrogen-bond acceptors (Lipinski definition) is 4. The Balaban J connectivity index is 1.27. The molecule has 0 radical (unpaired) electrons. The highest BCUT2D eigenvalue weighted by Gasteiger charge is 2.37. The average molecular weight is 445 g/mol.